The fraction of sp³-hybridized carbons (Fsp3) is 0.400. The Bertz CT molecular complexity index is 469. The summed E-state index contributed by atoms with van der Waals surface area (Å²) in [7, 11) is 7.41. The Kier molecular flexibility index (Phi) is 3.97. The molecule has 0 bridgehead atoms. The van der Waals surface area contributed by atoms with Crippen LogP contribution in [0.15, 0.2) is 12.4 Å². The zero-order valence-electron chi connectivity index (χ0n) is 10.3. The van der Waals surface area contributed by atoms with E-state index in [0.717, 1.165) is 0 Å². The number of hydrogen-bond donors (Lipinski definition) is 1. The Morgan fingerprint density at radius 2 is 2.18 bits per heavy atom. The third-order valence-corrected chi connectivity index (χ3v) is 1.90. The molecule has 0 fully saturated rings. The summed E-state index contributed by atoms with van der Waals surface area (Å²) in [5.41, 5.74) is 1.07. The largest absolute Gasteiger partial charge is 0.383 e. The smallest absolute Gasteiger partial charge is 0.314 e. The third kappa shape index (κ3) is 3.40. The van der Waals surface area contributed by atoms with Crippen molar-refractivity contribution in [2.75, 3.05) is 28.2 Å². The van der Waals surface area contributed by atoms with Crippen molar-refractivity contribution in [3.05, 3.63) is 28.2 Å². The Labute approximate surface area is 99.2 Å². The standard InChI is InChI=1S/C10H16N5O2/c1-13(2)6-8(7-14(3)4)10-9(15(16)17)5-11-12-10/h5-7H,1-4H3,(H,11,12)/q+1. The van der Waals surface area contributed by atoms with Gasteiger partial charge in [0, 0.05) is 20.3 Å². The molecular formula is C10H16N5O2+. The van der Waals surface area contributed by atoms with Crippen LogP contribution >= 0.6 is 0 Å². The van der Waals surface area contributed by atoms with Crippen LogP contribution in [0.2, 0.25) is 0 Å². The number of nitrogens with zero attached hydrogens (tertiary/aromatic N) is 4. The van der Waals surface area contributed by atoms with E-state index in [1.165, 1.54) is 6.20 Å². The van der Waals surface area contributed by atoms with Gasteiger partial charge in [-0.1, -0.05) is 0 Å². The van der Waals surface area contributed by atoms with Crippen molar-refractivity contribution in [3.8, 4) is 0 Å². The molecule has 7 heteroatoms. The molecule has 0 aliphatic carbocycles. The highest BCUT2D eigenvalue weighted by atomic mass is 16.6. The Morgan fingerprint density at radius 3 is 2.65 bits per heavy atom. The molecule has 0 amide bonds. The molecule has 1 rings (SSSR count). The van der Waals surface area contributed by atoms with Gasteiger partial charge in [0.15, 0.2) is 11.9 Å². The van der Waals surface area contributed by atoms with Gasteiger partial charge in [0.1, 0.15) is 20.3 Å². The number of aromatic nitrogens is 2. The van der Waals surface area contributed by atoms with Crippen LogP contribution in [0.3, 0.4) is 0 Å². The average Bonchev–Trinajstić information content (AvgIpc) is 2.62. The fourth-order valence-corrected chi connectivity index (χ4v) is 1.35. The van der Waals surface area contributed by atoms with E-state index in [-0.39, 0.29) is 5.69 Å². The zero-order chi connectivity index (χ0) is 13.0. The van der Waals surface area contributed by atoms with Crippen LogP contribution < -0.4 is 0 Å². The summed E-state index contributed by atoms with van der Waals surface area (Å²) in [6, 6.07) is 0. The minimum Gasteiger partial charge on any atom is -0.383 e. The normalized spacial score (nSPS) is 11.2. The summed E-state index contributed by atoms with van der Waals surface area (Å²) in [6.07, 6.45) is 4.80. The molecule has 0 unspecified atom stereocenters. The van der Waals surface area contributed by atoms with Crippen molar-refractivity contribution >= 4 is 17.5 Å². The van der Waals surface area contributed by atoms with E-state index >= 15 is 0 Å². The Balaban J connectivity index is 3.28. The molecule has 92 valence electrons. The summed E-state index contributed by atoms with van der Waals surface area (Å²) in [6.45, 7) is 0. The van der Waals surface area contributed by atoms with Gasteiger partial charge < -0.3 is 4.90 Å². The van der Waals surface area contributed by atoms with Crippen LogP contribution in [0, 0.1) is 10.1 Å². The predicted molar refractivity (Wildman–Crippen MR) is 65.1 cm³/mol. The fourth-order valence-electron chi connectivity index (χ4n) is 1.35. The first-order chi connectivity index (χ1) is 7.91. The number of hydrogen-bond acceptors (Lipinski definition) is 4. The second kappa shape index (κ2) is 5.24. The van der Waals surface area contributed by atoms with E-state index in [9.17, 15) is 10.1 Å². The van der Waals surface area contributed by atoms with Crippen LogP contribution in [0.25, 0.3) is 5.57 Å². The average molecular weight is 238 g/mol. The predicted octanol–water partition coefficient (Wildman–Crippen LogP) is 0.563. The zero-order valence-corrected chi connectivity index (χ0v) is 10.3. The van der Waals surface area contributed by atoms with Gasteiger partial charge in [0.25, 0.3) is 0 Å². The van der Waals surface area contributed by atoms with E-state index in [1.807, 2.05) is 37.7 Å². The summed E-state index contributed by atoms with van der Waals surface area (Å²) in [5, 5.41) is 17.2. The van der Waals surface area contributed by atoms with E-state index in [1.54, 1.807) is 12.4 Å². The molecular weight excluding hydrogens is 222 g/mol. The summed E-state index contributed by atoms with van der Waals surface area (Å²) < 4.78 is 1.82. The van der Waals surface area contributed by atoms with Gasteiger partial charge in [-0.15, -0.1) is 0 Å². The lowest BCUT2D eigenvalue weighted by molar-refractivity contribution is -0.458. The van der Waals surface area contributed by atoms with Crippen LogP contribution in [-0.4, -0.2) is 59.0 Å². The lowest BCUT2D eigenvalue weighted by Crippen LogP contribution is -2.08. The van der Waals surface area contributed by atoms with E-state index in [2.05, 4.69) is 10.2 Å². The van der Waals surface area contributed by atoms with Crippen LogP contribution in [0.1, 0.15) is 5.69 Å². The van der Waals surface area contributed by atoms with Gasteiger partial charge in [-0.3, -0.25) is 15.2 Å². The second-order valence-corrected chi connectivity index (χ2v) is 4.03. The third-order valence-electron chi connectivity index (χ3n) is 1.90. The topological polar surface area (TPSA) is 78.1 Å². The SMILES string of the molecule is CN(C)C=C(C=[N+](C)C)c1[nH]ncc1[N+](=O)[O-]. The molecule has 1 heterocycles. The maximum absolute atomic E-state index is 10.8. The number of aromatic amines is 1. The van der Waals surface area contributed by atoms with Gasteiger partial charge >= 0.3 is 5.69 Å². The van der Waals surface area contributed by atoms with Crippen molar-refractivity contribution in [1.29, 1.82) is 0 Å². The first-order valence-electron chi connectivity index (χ1n) is 4.99. The molecule has 0 saturated carbocycles. The maximum Gasteiger partial charge on any atom is 0.314 e. The van der Waals surface area contributed by atoms with Crippen molar-refractivity contribution in [2.45, 2.75) is 0 Å². The number of rotatable bonds is 4. The van der Waals surface area contributed by atoms with Crippen LogP contribution in [-0.2, 0) is 0 Å². The van der Waals surface area contributed by atoms with Gasteiger partial charge in [-0.2, -0.15) is 5.10 Å². The molecule has 0 aliphatic rings. The van der Waals surface area contributed by atoms with Crippen molar-refractivity contribution in [3.63, 3.8) is 0 Å². The van der Waals surface area contributed by atoms with E-state index < -0.39 is 4.92 Å². The van der Waals surface area contributed by atoms with E-state index in [4.69, 9.17) is 0 Å². The van der Waals surface area contributed by atoms with Crippen LogP contribution in [0.5, 0.6) is 0 Å². The molecule has 1 aromatic rings. The lowest BCUT2D eigenvalue weighted by atomic mass is 10.2. The molecule has 0 aromatic carbocycles. The highest BCUT2D eigenvalue weighted by molar-refractivity contribution is 6.07. The monoisotopic (exact) mass is 238 g/mol. The van der Waals surface area contributed by atoms with Gasteiger partial charge in [0.2, 0.25) is 0 Å². The minimum absolute atomic E-state index is 0.0313. The molecule has 1 N–H and O–H groups in total. The van der Waals surface area contributed by atoms with Gasteiger partial charge in [-0.05, 0) is 0 Å². The highest BCUT2D eigenvalue weighted by Gasteiger charge is 2.20. The van der Waals surface area contributed by atoms with Crippen molar-refractivity contribution in [2.24, 2.45) is 0 Å². The number of allylic oxidation sites excluding steroid dienone is 1. The number of nitrogens with one attached hydrogen (secondary N) is 1. The minimum atomic E-state index is -0.453. The quantitative estimate of drug-likeness (QED) is 0.360. The molecule has 0 saturated heterocycles. The van der Waals surface area contributed by atoms with Crippen molar-refractivity contribution < 1.29 is 9.50 Å². The molecule has 0 aliphatic heterocycles. The van der Waals surface area contributed by atoms with E-state index in [0.29, 0.717) is 11.3 Å². The molecule has 0 radical (unpaired) electrons. The Hall–Kier alpha value is -2.18. The second-order valence-electron chi connectivity index (χ2n) is 4.03. The highest BCUT2D eigenvalue weighted by Crippen LogP contribution is 2.21. The molecule has 1 aromatic heterocycles. The number of H-pyrrole nitrogens is 1. The molecule has 0 spiro atoms. The van der Waals surface area contributed by atoms with Gasteiger partial charge in [0.05, 0.1) is 10.5 Å². The van der Waals surface area contributed by atoms with Crippen molar-refractivity contribution in [1.82, 2.24) is 15.1 Å². The first kappa shape index (κ1) is 12.9. The number of nitro groups is 1. The first-order valence-corrected chi connectivity index (χ1v) is 4.99. The lowest BCUT2D eigenvalue weighted by Gasteiger charge is -2.06. The molecule has 7 nitrogen and oxygen atoms in total. The Morgan fingerprint density at radius 1 is 1.53 bits per heavy atom. The summed E-state index contributed by atoms with van der Waals surface area (Å²) >= 11 is 0. The van der Waals surface area contributed by atoms with Gasteiger partial charge in [-0.25, -0.2) is 4.58 Å². The van der Waals surface area contributed by atoms with Crippen LogP contribution in [0.4, 0.5) is 5.69 Å². The molecule has 0 atom stereocenters. The maximum atomic E-state index is 10.8. The summed E-state index contributed by atoms with van der Waals surface area (Å²) in [4.78, 5) is 12.2. The summed E-state index contributed by atoms with van der Waals surface area (Å²) in [5.74, 6) is 0. The molecule has 17 heavy (non-hydrogen) atoms.